The fraction of sp³-hybridized carbons (Fsp3) is 0.0385. The van der Waals surface area contributed by atoms with E-state index in [0.29, 0.717) is 22.3 Å². The number of nitrogens with zero attached hydrogens (tertiary/aromatic N) is 2. The Morgan fingerprint density at radius 1 is 0.283 bits per heavy atom. The molecule has 2 nitrogen and oxygen atoms in total. The van der Waals surface area contributed by atoms with Crippen LogP contribution in [0.25, 0.3) is 98.8 Å². The minimum Gasteiger partial charge on any atom is -0.309 e. The van der Waals surface area contributed by atoms with E-state index < -0.39 is 23.5 Å². The van der Waals surface area contributed by atoms with Crippen LogP contribution >= 0.6 is 0 Å². The molecule has 2 aromatic heterocycles. The fourth-order valence-corrected chi connectivity index (χ4v) is 9.16. The Kier molecular flexibility index (Phi) is 7.82. The van der Waals surface area contributed by atoms with Gasteiger partial charge in [-0.1, -0.05) is 109 Å². The lowest BCUT2D eigenvalue weighted by Gasteiger charge is -2.21. The maximum atomic E-state index is 14.0. The van der Waals surface area contributed by atoms with E-state index in [1.165, 1.54) is 24.3 Å². The van der Waals surface area contributed by atoms with Crippen LogP contribution in [0.4, 0.5) is 26.3 Å². The summed E-state index contributed by atoms with van der Waals surface area (Å²) in [5.74, 6) is 0. The third-order valence-electron chi connectivity index (χ3n) is 11.8. The molecule has 0 bridgehead atoms. The molecule has 11 rings (SSSR count). The summed E-state index contributed by atoms with van der Waals surface area (Å²) in [6, 6.07) is 55.0. The summed E-state index contributed by atoms with van der Waals surface area (Å²) in [5.41, 5.74) is 6.61. The topological polar surface area (TPSA) is 9.86 Å². The van der Waals surface area contributed by atoms with E-state index in [4.69, 9.17) is 0 Å². The summed E-state index contributed by atoms with van der Waals surface area (Å²) in [5, 5.41) is 7.22. The molecule has 11 aromatic rings. The molecule has 0 aliphatic rings. The number of halogens is 6. The van der Waals surface area contributed by atoms with E-state index in [1.807, 2.05) is 72.8 Å². The normalized spacial score (nSPS) is 12.5. The van der Waals surface area contributed by atoms with Gasteiger partial charge in [-0.3, -0.25) is 0 Å². The van der Waals surface area contributed by atoms with Gasteiger partial charge >= 0.3 is 12.4 Å². The lowest BCUT2D eigenvalue weighted by molar-refractivity contribution is -0.138. The van der Waals surface area contributed by atoms with E-state index in [-0.39, 0.29) is 0 Å². The van der Waals surface area contributed by atoms with Crippen LogP contribution in [0.15, 0.2) is 182 Å². The highest BCUT2D eigenvalue weighted by molar-refractivity contribution is 6.22. The van der Waals surface area contributed by atoms with Crippen molar-refractivity contribution in [2.75, 3.05) is 0 Å². The number of hydrogen-bond acceptors (Lipinski definition) is 0. The van der Waals surface area contributed by atoms with Gasteiger partial charge in [-0.2, -0.15) is 26.3 Å². The summed E-state index contributed by atoms with van der Waals surface area (Å²) >= 11 is 0. The van der Waals surface area contributed by atoms with Crippen LogP contribution in [0.5, 0.6) is 0 Å². The molecule has 0 atom stereocenters. The monoisotopic (exact) mass is 796 g/mol. The Morgan fingerprint density at radius 3 is 0.883 bits per heavy atom. The van der Waals surface area contributed by atoms with Crippen LogP contribution < -0.4 is 0 Å². The predicted octanol–water partition coefficient (Wildman–Crippen LogP) is 15.6. The smallest absolute Gasteiger partial charge is 0.309 e. The zero-order chi connectivity index (χ0) is 40.9. The Bertz CT molecular complexity index is 3160. The number of aromatic nitrogens is 2. The van der Waals surface area contributed by atoms with Crippen molar-refractivity contribution in [3.05, 3.63) is 193 Å². The van der Waals surface area contributed by atoms with E-state index in [9.17, 15) is 26.3 Å². The molecule has 0 spiro atoms. The predicted molar refractivity (Wildman–Crippen MR) is 231 cm³/mol. The summed E-state index contributed by atoms with van der Waals surface area (Å²) in [6.45, 7) is 0. The molecule has 0 amide bonds. The fourth-order valence-electron chi connectivity index (χ4n) is 9.16. The van der Waals surface area contributed by atoms with Crippen LogP contribution in [-0.4, -0.2) is 9.13 Å². The van der Waals surface area contributed by atoms with Crippen molar-refractivity contribution < 1.29 is 26.3 Å². The average molecular weight is 797 g/mol. The molecule has 60 heavy (non-hydrogen) atoms. The van der Waals surface area contributed by atoms with E-state index in [2.05, 4.69) is 69.8 Å². The Hall–Kier alpha value is -7.32. The average Bonchev–Trinajstić information content (AvgIpc) is 3.78. The largest absolute Gasteiger partial charge is 0.416 e. The van der Waals surface area contributed by atoms with Gasteiger partial charge in [0.1, 0.15) is 0 Å². The first-order valence-electron chi connectivity index (χ1n) is 19.4. The van der Waals surface area contributed by atoms with E-state index in [1.54, 1.807) is 0 Å². The minimum absolute atomic E-state index is 0.570. The molecule has 0 aliphatic carbocycles. The number of fused-ring (bicyclic) bond motifs is 8. The number of hydrogen-bond donors (Lipinski definition) is 0. The molecule has 2 heterocycles. The van der Waals surface area contributed by atoms with Gasteiger partial charge in [-0.25, -0.2) is 0 Å². The van der Waals surface area contributed by atoms with Crippen molar-refractivity contribution in [1.29, 1.82) is 0 Å². The molecule has 0 radical (unpaired) electrons. The highest BCUT2D eigenvalue weighted by Gasteiger charge is 2.31. The lowest BCUT2D eigenvalue weighted by atomic mass is 9.85. The molecule has 0 saturated heterocycles. The van der Waals surface area contributed by atoms with Crippen molar-refractivity contribution in [2.24, 2.45) is 0 Å². The molecular weight excluding hydrogens is 767 g/mol. The summed E-state index contributed by atoms with van der Waals surface area (Å²) < 4.78 is 88.1. The maximum Gasteiger partial charge on any atom is 0.416 e. The zero-order valence-electron chi connectivity index (χ0n) is 31.5. The van der Waals surface area contributed by atoms with Gasteiger partial charge in [0.2, 0.25) is 0 Å². The lowest BCUT2D eigenvalue weighted by Crippen LogP contribution is -2.04. The molecule has 0 N–H and O–H groups in total. The number of alkyl halides is 6. The molecule has 0 saturated carbocycles. The second-order valence-corrected chi connectivity index (χ2v) is 15.1. The first-order valence-corrected chi connectivity index (χ1v) is 19.4. The van der Waals surface area contributed by atoms with Crippen molar-refractivity contribution in [3.63, 3.8) is 0 Å². The van der Waals surface area contributed by atoms with Gasteiger partial charge in [0.25, 0.3) is 0 Å². The van der Waals surface area contributed by atoms with Gasteiger partial charge in [-0.15, -0.1) is 0 Å². The van der Waals surface area contributed by atoms with Crippen molar-refractivity contribution >= 4 is 65.2 Å². The van der Waals surface area contributed by atoms with Gasteiger partial charge in [0.05, 0.1) is 33.2 Å². The summed E-state index contributed by atoms with van der Waals surface area (Å²) in [6.07, 6.45) is -9.06. The Labute approximate surface area is 338 Å². The van der Waals surface area contributed by atoms with Gasteiger partial charge < -0.3 is 9.13 Å². The minimum atomic E-state index is -4.53. The van der Waals surface area contributed by atoms with E-state index >= 15 is 0 Å². The second-order valence-electron chi connectivity index (χ2n) is 15.1. The van der Waals surface area contributed by atoms with Crippen molar-refractivity contribution in [1.82, 2.24) is 9.13 Å². The Balaban J connectivity index is 1.28. The first-order chi connectivity index (χ1) is 29.0. The maximum absolute atomic E-state index is 14.0. The quantitative estimate of drug-likeness (QED) is 0.124. The summed E-state index contributed by atoms with van der Waals surface area (Å²) in [7, 11) is 0. The molecule has 9 aromatic carbocycles. The molecule has 0 fully saturated rings. The first kappa shape index (κ1) is 35.8. The van der Waals surface area contributed by atoms with Crippen LogP contribution in [-0.2, 0) is 12.4 Å². The molecule has 0 aliphatic heterocycles. The zero-order valence-corrected chi connectivity index (χ0v) is 31.5. The van der Waals surface area contributed by atoms with Gasteiger partial charge in [-0.05, 0) is 117 Å². The number of benzene rings is 9. The van der Waals surface area contributed by atoms with Crippen molar-refractivity contribution in [2.45, 2.75) is 12.4 Å². The van der Waals surface area contributed by atoms with Crippen LogP contribution in [0.3, 0.4) is 0 Å². The standard InChI is InChI=1S/C52H30F6N2/c53-51(54,55)33-21-17-31(18-22-33)49-42-28-26-36(60-47-15-7-3-11-39(47)40-12-4-8-16-48(40)60)30-44(42)50(32-19-23-34(24-20-32)52(56,57)58)41-27-25-35(29-43(41)49)59-45-13-5-1-9-37(45)38-10-2-6-14-46(38)59/h1-30H. The van der Waals surface area contributed by atoms with Crippen LogP contribution in [0.1, 0.15) is 11.1 Å². The number of rotatable bonds is 4. The molecule has 290 valence electrons. The number of para-hydroxylation sites is 4. The summed E-state index contributed by atoms with van der Waals surface area (Å²) in [4.78, 5) is 0. The third kappa shape index (κ3) is 5.51. The molecular formula is C52H30F6N2. The SMILES string of the molecule is FC(F)(F)c1ccc(-c2c3ccc(-n4c5ccccc5c5ccccc54)cc3c(-c3ccc(C(F)(F)F)cc3)c3ccc(-n4c5ccccc5c5ccccc54)cc23)cc1. The highest BCUT2D eigenvalue weighted by Crippen LogP contribution is 2.47. The second kappa shape index (κ2) is 13.1. The van der Waals surface area contributed by atoms with Crippen molar-refractivity contribution in [3.8, 4) is 33.6 Å². The van der Waals surface area contributed by atoms with E-state index in [0.717, 1.165) is 101 Å². The van der Waals surface area contributed by atoms with Crippen LogP contribution in [0.2, 0.25) is 0 Å². The Morgan fingerprint density at radius 2 is 0.583 bits per heavy atom. The highest BCUT2D eigenvalue weighted by atomic mass is 19.4. The van der Waals surface area contributed by atoms with Crippen LogP contribution in [0, 0.1) is 0 Å². The molecule has 8 heteroatoms. The molecule has 0 unspecified atom stereocenters. The third-order valence-corrected chi connectivity index (χ3v) is 11.8. The van der Waals surface area contributed by atoms with Gasteiger partial charge in [0.15, 0.2) is 0 Å². The van der Waals surface area contributed by atoms with Gasteiger partial charge in [0, 0.05) is 32.9 Å².